The molecule has 1 amide bonds. The third-order valence-electron chi connectivity index (χ3n) is 4.27. The summed E-state index contributed by atoms with van der Waals surface area (Å²) < 4.78 is 13.0. The Bertz CT molecular complexity index is 686. The molecule has 1 aromatic heterocycles. The van der Waals surface area contributed by atoms with Crippen molar-refractivity contribution in [3.63, 3.8) is 0 Å². The van der Waals surface area contributed by atoms with Gasteiger partial charge < -0.3 is 10.0 Å². The van der Waals surface area contributed by atoms with Gasteiger partial charge in [0, 0.05) is 24.0 Å². The van der Waals surface area contributed by atoms with Crippen LogP contribution in [0.1, 0.15) is 18.4 Å². The SMILES string of the molecule is C[C@@H]1CCN(C(=O)Cc2nc(-c3ccc(F)cc3)cs2)C[C@@H]1O. The minimum Gasteiger partial charge on any atom is -0.391 e. The van der Waals surface area contributed by atoms with E-state index in [1.54, 1.807) is 17.0 Å². The molecule has 4 nitrogen and oxygen atoms in total. The van der Waals surface area contributed by atoms with Gasteiger partial charge in [-0.3, -0.25) is 4.79 Å². The normalized spacial score (nSPS) is 21.4. The molecule has 1 saturated heterocycles. The maximum absolute atomic E-state index is 13.0. The zero-order valence-corrected chi connectivity index (χ0v) is 13.7. The summed E-state index contributed by atoms with van der Waals surface area (Å²) in [5.74, 6) is -0.0442. The molecular formula is C17H19FN2O2S. The lowest BCUT2D eigenvalue weighted by molar-refractivity contribution is -0.134. The number of aliphatic hydroxyl groups is 1. The molecule has 1 aliphatic heterocycles. The minimum atomic E-state index is -0.446. The van der Waals surface area contributed by atoms with Gasteiger partial charge in [-0.1, -0.05) is 6.92 Å². The topological polar surface area (TPSA) is 53.4 Å². The van der Waals surface area contributed by atoms with Gasteiger partial charge in [0.05, 0.1) is 18.2 Å². The molecule has 2 aromatic rings. The number of thiazole rings is 1. The number of halogens is 1. The number of likely N-dealkylation sites (tertiary alicyclic amines) is 1. The molecule has 2 heterocycles. The number of piperidine rings is 1. The molecule has 0 saturated carbocycles. The number of nitrogens with zero attached hydrogens (tertiary/aromatic N) is 2. The molecule has 1 N–H and O–H groups in total. The fraction of sp³-hybridized carbons (Fsp3) is 0.412. The van der Waals surface area contributed by atoms with Crippen LogP contribution in [-0.4, -0.2) is 40.1 Å². The number of aliphatic hydroxyl groups excluding tert-OH is 1. The number of aromatic nitrogens is 1. The average molecular weight is 334 g/mol. The molecule has 1 fully saturated rings. The van der Waals surface area contributed by atoms with Crippen molar-refractivity contribution in [3.8, 4) is 11.3 Å². The number of β-amino-alcohol motifs (C(OH)–C–C–N with tert-alkyl or cyclic N) is 1. The second kappa shape index (κ2) is 6.76. The predicted molar refractivity (Wildman–Crippen MR) is 87.6 cm³/mol. The largest absolute Gasteiger partial charge is 0.391 e. The lowest BCUT2D eigenvalue weighted by Crippen LogP contribution is -2.46. The molecule has 1 aromatic carbocycles. The molecule has 0 unspecified atom stereocenters. The van der Waals surface area contributed by atoms with Gasteiger partial charge in [0.15, 0.2) is 0 Å². The van der Waals surface area contributed by atoms with Crippen molar-refractivity contribution in [1.82, 2.24) is 9.88 Å². The second-order valence-corrected chi connectivity index (χ2v) is 6.93. The van der Waals surface area contributed by atoms with Gasteiger partial charge in [-0.25, -0.2) is 9.37 Å². The van der Waals surface area contributed by atoms with E-state index in [0.717, 1.165) is 22.7 Å². The number of carbonyl (C=O) groups excluding carboxylic acids is 1. The molecule has 6 heteroatoms. The summed E-state index contributed by atoms with van der Waals surface area (Å²) >= 11 is 1.43. The zero-order valence-electron chi connectivity index (χ0n) is 12.9. The van der Waals surface area contributed by atoms with E-state index in [9.17, 15) is 14.3 Å². The second-order valence-electron chi connectivity index (χ2n) is 5.98. The first-order valence-electron chi connectivity index (χ1n) is 7.69. The van der Waals surface area contributed by atoms with E-state index in [1.807, 2.05) is 12.3 Å². The molecule has 0 spiro atoms. The summed E-state index contributed by atoms with van der Waals surface area (Å²) in [4.78, 5) is 18.5. The zero-order chi connectivity index (χ0) is 16.4. The van der Waals surface area contributed by atoms with Crippen molar-refractivity contribution >= 4 is 17.2 Å². The van der Waals surface area contributed by atoms with E-state index in [-0.39, 0.29) is 24.1 Å². The van der Waals surface area contributed by atoms with Crippen molar-refractivity contribution in [3.05, 3.63) is 40.5 Å². The van der Waals surface area contributed by atoms with Crippen LogP contribution in [0.4, 0.5) is 4.39 Å². The molecule has 2 atom stereocenters. The van der Waals surface area contributed by atoms with E-state index in [0.29, 0.717) is 13.1 Å². The highest BCUT2D eigenvalue weighted by atomic mass is 32.1. The highest BCUT2D eigenvalue weighted by molar-refractivity contribution is 7.10. The van der Waals surface area contributed by atoms with Gasteiger partial charge in [0.2, 0.25) is 5.91 Å². The summed E-state index contributed by atoms with van der Waals surface area (Å²) in [6.07, 6.45) is 0.622. The number of rotatable bonds is 3. The number of benzene rings is 1. The van der Waals surface area contributed by atoms with Crippen molar-refractivity contribution < 1.29 is 14.3 Å². The molecule has 0 radical (unpaired) electrons. The maximum atomic E-state index is 13.0. The van der Waals surface area contributed by atoms with Crippen LogP contribution in [0.25, 0.3) is 11.3 Å². The van der Waals surface area contributed by atoms with Crippen LogP contribution in [0.5, 0.6) is 0 Å². The van der Waals surface area contributed by atoms with Crippen LogP contribution in [0.2, 0.25) is 0 Å². The Hall–Kier alpha value is -1.79. The van der Waals surface area contributed by atoms with Gasteiger partial charge in [-0.2, -0.15) is 0 Å². The van der Waals surface area contributed by atoms with E-state index >= 15 is 0 Å². The molecular weight excluding hydrogens is 315 g/mol. The number of hydrogen-bond acceptors (Lipinski definition) is 4. The van der Waals surface area contributed by atoms with Crippen molar-refractivity contribution in [2.75, 3.05) is 13.1 Å². The van der Waals surface area contributed by atoms with E-state index < -0.39 is 6.10 Å². The highest BCUT2D eigenvalue weighted by Crippen LogP contribution is 2.23. The Balaban J connectivity index is 1.65. The molecule has 0 bridgehead atoms. The van der Waals surface area contributed by atoms with Crippen LogP contribution in [0.15, 0.2) is 29.6 Å². The molecule has 122 valence electrons. The van der Waals surface area contributed by atoms with Crippen LogP contribution >= 0.6 is 11.3 Å². The first-order chi connectivity index (χ1) is 11.0. The summed E-state index contributed by atoms with van der Waals surface area (Å²) in [6.45, 7) is 3.09. The first-order valence-corrected chi connectivity index (χ1v) is 8.57. The number of carbonyl (C=O) groups is 1. The molecule has 3 rings (SSSR count). The molecule has 1 aliphatic rings. The molecule has 23 heavy (non-hydrogen) atoms. The van der Waals surface area contributed by atoms with Crippen LogP contribution in [0, 0.1) is 11.7 Å². The Morgan fingerprint density at radius 3 is 2.87 bits per heavy atom. The standard InChI is InChI=1S/C17H19FN2O2S/c1-11-6-7-20(9-15(11)21)17(22)8-16-19-14(10-23-16)12-2-4-13(18)5-3-12/h2-5,10-11,15,21H,6-9H2,1H3/t11-,15+/m1/s1. The number of amides is 1. The van der Waals surface area contributed by atoms with Gasteiger partial charge in [0.1, 0.15) is 10.8 Å². The van der Waals surface area contributed by atoms with Gasteiger partial charge >= 0.3 is 0 Å². The van der Waals surface area contributed by atoms with Gasteiger partial charge in [-0.15, -0.1) is 11.3 Å². The highest BCUT2D eigenvalue weighted by Gasteiger charge is 2.27. The van der Waals surface area contributed by atoms with Gasteiger partial charge in [0.25, 0.3) is 0 Å². The Labute approximate surface area is 138 Å². The fourth-order valence-electron chi connectivity index (χ4n) is 2.66. The maximum Gasteiger partial charge on any atom is 0.229 e. The van der Waals surface area contributed by atoms with Gasteiger partial charge in [-0.05, 0) is 36.6 Å². The summed E-state index contributed by atoms with van der Waals surface area (Å²) in [5, 5.41) is 12.5. The van der Waals surface area contributed by atoms with E-state index in [1.165, 1.54) is 23.5 Å². The predicted octanol–water partition coefficient (Wildman–Crippen LogP) is 2.72. The monoisotopic (exact) mass is 334 g/mol. The first kappa shape index (κ1) is 16.1. The third-order valence-corrected chi connectivity index (χ3v) is 5.11. The van der Waals surface area contributed by atoms with Crippen molar-refractivity contribution in [2.24, 2.45) is 5.92 Å². The lowest BCUT2D eigenvalue weighted by atomic mass is 9.96. The lowest BCUT2D eigenvalue weighted by Gasteiger charge is -2.34. The summed E-state index contributed by atoms with van der Waals surface area (Å²) in [7, 11) is 0. The number of hydrogen-bond donors (Lipinski definition) is 1. The van der Waals surface area contributed by atoms with Crippen LogP contribution in [-0.2, 0) is 11.2 Å². The van der Waals surface area contributed by atoms with Crippen LogP contribution < -0.4 is 0 Å². The summed E-state index contributed by atoms with van der Waals surface area (Å²) in [6, 6.07) is 6.16. The van der Waals surface area contributed by atoms with Crippen LogP contribution in [0.3, 0.4) is 0 Å². The quantitative estimate of drug-likeness (QED) is 0.939. The third kappa shape index (κ3) is 3.76. The summed E-state index contributed by atoms with van der Waals surface area (Å²) in [5.41, 5.74) is 1.59. The minimum absolute atomic E-state index is 0.00374. The van der Waals surface area contributed by atoms with Crippen molar-refractivity contribution in [1.29, 1.82) is 0 Å². The smallest absolute Gasteiger partial charge is 0.229 e. The Morgan fingerprint density at radius 2 is 2.17 bits per heavy atom. The van der Waals surface area contributed by atoms with Crippen molar-refractivity contribution in [2.45, 2.75) is 25.9 Å². The van der Waals surface area contributed by atoms with E-state index in [4.69, 9.17) is 0 Å². The molecule has 0 aliphatic carbocycles. The van der Waals surface area contributed by atoms with E-state index in [2.05, 4.69) is 4.98 Å². The fourth-order valence-corrected chi connectivity index (χ4v) is 3.46. The average Bonchev–Trinajstić information content (AvgIpc) is 2.99. The Morgan fingerprint density at radius 1 is 1.43 bits per heavy atom. The Kier molecular flexibility index (Phi) is 4.73.